The topological polar surface area (TPSA) is 250 Å². The number of nitrogens with one attached hydrogen (secondary N) is 4. The van der Waals surface area contributed by atoms with Gasteiger partial charge < -0.3 is 19.9 Å². The number of hydrogen-bond donors (Lipinski definition) is 4. The lowest BCUT2D eigenvalue weighted by Gasteiger charge is -2.39. The highest BCUT2D eigenvalue weighted by atomic mass is 35.5. The number of anilines is 2. The van der Waals surface area contributed by atoms with Gasteiger partial charge in [-0.25, -0.2) is 18.1 Å². The zero-order valence-corrected chi connectivity index (χ0v) is 47.4. The molecule has 1 aliphatic carbocycles. The first-order valence-corrected chi connectivity index (χ1v) is 29.6. The van der Waals surface area contributed by atoms with Crippen molar-refractivity contribution in [3.8, 4) is 23.3 Å². The van der Waals surface area contributed by atoms with Crippen LogP contribution >= 0.6 is 11.6 Å². The maximum Gasteiger partial charge on any atom is 0.293 e. The number of aromatic amines is 1. The van der Waals surface area contributed by atoms with Crippen LogP contribution in [0, 0.1) is 33.3 Å². The number of hydrogen-bond acceptors (Lipinski definition) is 15. The number of pyridine rings is 1. The van der Waals surface area contributed by atoms with Crippen molar-refractivity contribution in [3.05, 3.63) is 152 Å². The molecule has 3 fully saturated rings. The third kappa shape index (κ3) is 12.5. The number of rotatable bonds is 15. The van der Waals surface area contributed by atoms with E-state index in [1.807, 2.05) is 18.2 Å². The van der Waals surface area contributed by atoms with Crippen LogP contribution < -0.4 is 25.0 Å². The molecule has 0 saturated carbocycles. The Bertz CT molecular complexity index is 3830. The monoisotopic (exact) mass is 1160 g/mol. The summed E-state index contributed by atoms with van der Waals surface area (Å²) in [5, 5.41) is 19.3. The maximum absolute atomic E-state index is 14.2. The molecule has 11 rings (SSSR count). The van der Waals surface area contributed by atoms with Gasteiger partial charge in [-0.2, -0.15) is 0 Å². The van der Waals surface area contributed by atoms with Gasteiger partial charge in [-0.3, -0.25) is 54.1 Å². The highest BCUT2D eigenvalue weighted by Gasteiger charge is 2.45. The third-order valence-electron chi connectivity index (χ3n) is 16.2. The summed E-state index contributed by atoms with van der Waals surface area (Å²) in [4.78, 5) is 91.3. The van der Waals surface area contributed by atoms with Gasteiger partial charge in [-0.05, 0) is 134 Å². The predicted octanol–water partition coefficient (Wildman–Crippen LogP) is 8.40. The summed E-state index contributed by atoms with van der Waals surface area (Å²) in [6.07, 6.45) is 8.10. The number of piperazine rings is 1. The molecule has 20 nitrogen and oxygen atoms in total. The maximum atomic E-state index is 14.2. The fourth-order valence-corrected chi connectivity index (χ4v) is 12.8. The molecule has 2 aromatic heterocycles. The molecule has 6 aromatic rings. The number of H-pyrrole nitrogens is 1. The Morgan fingerprint density at radius 1 is 0.904 bits per heavy atom. The van der Waals surface area contributed by atoms with Gasteiger partial charge in [0.2, 0.25) is 11.8 Å². The minimum atomic E-state index is -4.67. The van der Waals surface area contributed by atoms with E-state index in [9.17, 15) is 42.5 Å². The van der Waals surface area contributed by atoms with Gasteiger partial charge in [0.25, 0.3) is 33.4 Å². The van der Waals surface area contributed by atoms with Gasteiger partial charge in [0.05, 0.1) is 39.3 Å². The number of allylic oxidation sites excluding steroid dienone is 1. The molecule has 4 N–H and O–H groups in total. The molecule has 4 aliphatic heterocycles. The number of carbonyl (C=O) groups excluding carboxylic acids is 5. The zero-order chi connectivity index (χ0) is 58.2. The highest BCUT2D eigenvalue weighted by molar-refractivity contribution is 7.90. The van der Waals surface area contributed by atoms with Crippen LogP contribution in [0.2, 0.25) is 5.02 Å². The number of aromatic nitrogens is 2. The zero-order valence-electron chi connectivity index (χ0n) is 45.8. The number of carbonyl (C=O) groups is 5. The van der Waals surface area contributed by atoms with Gasteiger partial charge in [0.15, 0.2) is 0 Å². The van der Waals surface area contributed by atoms with E-state index in [2.05, 4.69) is 77.8 Å². The van der Waals surface area contributed by atoms with E-state index < -0.39 is 61.1 Å². The summed E-state index contributed by atoms with van der Waals surface area (Å²) in [7, 11) is -4.67. The Hall–Kier alpha value is -8.42. The van der Waals surface area contributed by atoms with Crippen LogP contribution in [0.3, 0.4) is 0 Å². The number of piperidine rings is 2. The summed E-state index contributed by atoms with van der Waals surface area (Å²) in [5.41, 5.74) is 6.00. The van der Waals surface area contributed by atoms with Crippen molar-refractivity contribution >= 4 is 84.8 Å². The molecule has 3 saturated heterocycles. The minimum Gasteiger partial charge on any atom is -0.455 e. The lowest BCUT2D eigenvalue weighted by molar-refractivity contribution is -0.384. The Morgan fingerprint density at radius 2 is 1.70 bits per heavy atom. The number of halogens is 1. The lowest BCUT2D eigenvalue weighted by Crippen LogP contribution is -2.54. The molecule has 5 aliphatic rings. The Balaban J connectivity index is 0.732. The first-order valence-electron chi connectivity index (χ1n) is 27.7. The molecule has 428 valence electrons. The second kappa shape index (κ2) is 23.4. The van der Waals surface area contributed by atoms with Crippen molar-refractivity contribution in [1.29, 1.82) is 0 Å². The lowest BCUT2D eigenvalue weighted by atomic mass is 9.72. The van der Waals surface area contributed by atoms with Gasteiger partial charge in [0.1, 0.15) is 28.9 Å². The molecule has 6 heterocycles. The van der Waals surface area contributed by atoms with Crippen molar-refractivity contribution in [2.75, 3.05) is 69.1 Å². The fraction of sp³-hybridized carbons (Fsp3) is 0.344. The van der Waals surface area contributed by atoms with E-state index in [-0.39, 0.29) is 52.3 Å². The van der Waals surface area contributed by atoms with E-state index in [4.69, 9.17) is 16.3 Å². The van der Waals surface area contributed by atoms with Crippen molar-refractivity contribution in [1.82, 2.24) is 34.7 Å². The summed E-state index contributed by atoms with van der Waals surface area (Å²) in [6, 6.07) is 23.8. The summed E-state index contributed by atoms with van der Waals surface area (Å²) in [6.45, 7) is 10.5. The molecule has 5 amide bonds. The standard InChI is InChI=1S/C61H61ClN10O10S/c1-61(2)21-19-42(50(33-61)40-8-10-43(62)11-9-40)37-69-25-27-70(28-26-69)44-12-15-48(54(31-44)82-45-30-41-20-22-63-56(41)65-35-45)57(74)67-83(80,81)46-13-16-51(53(32-46)72(78)79)64-34-39-6-4-24-68(36-39)23-3-5-38-7-14-47-49(29-38)60(77)71(59(47)76)52-17-18-55(73)66-58(52)75/h7-16,20,22,29-32,35,39,52,64H,4,6,17-19,21,23-28,33-34,36-37H2,1-2H3,(H,63,65)(H,67,74)(H,66,73,75). The molecule has 0 spiro atoms. The van der Waals surface area contributed by atoms with Crippen molar-refractivity contribution < 1.29 is 42.1 Å². The van der Waals surface area contributed by atoms with Crippen LogP contribution in [-0.2, 0) is 19.6 Å². The summed E-state index contributed by atoms with van der Waals surface area (Å²) < 4.78 is 36.5. The van der Waals surface area contributed by atoms with E-state index >= 15 is 0 Å². The second-order valence-corrected chi connectivity index (χ2v) is 24.7. The average molecular weight is 1160 g/mol. The number of fused-ring (bicyclic) bond motifs is 2. The summed E-state index contributed by atoms with van der Waals surface area (Å²) >= 11 is 6.27. The predicted molar refractivity (Wildman–Crippen MR) is 313 cm³/mol. The normalized spacial score (nSPS) is 19.5. The van der Waals surface area contributed by atoms with Gasteiger partial charge in [-0.15, -0.1) is 0 Å². The van der Waals surface area contributed by atoms with Gasteiger partial charge >= 0.3 is 0 Å². The molecule has 0 radical (unpaired) electrons. The second-order valence-electron chi connectivity index (χ2n) is 22.6. The van der Waals surface area contributed by atoms with E-state index in [1.54, 1.807) is 30.5 Å². The third-order valence-corrected chi connectivity index (χ3v) is 17.8. The Labute approximate surface area is 484 Å². The van der Waals surface area contributed by atoms with Gasteiger partial charge in [0, 0.05) is 92.2 Å². The first-order chi connectivity index (χ1) is 39.8. The van der Waals surface area contributed by atoms with Crippen LogP contribution in [0.1, 0.15) is 101 Å². The molecular formula is C61H61ClN10O10S. The first kappa shape index (κ1) is 56.4. The fourth-order valence-electron chi connectivity index (χ4n) is 11.7. The van der Waals surface area contributed by atoms with Crippen LogP contribution in [0.15, 0.2) is 114 Å². The van der Waals surface area contributed by atoms with Gasteiger partial charge in [-0.1, -0.05) is 55.0 Å². The molecule has 2 unspecified atom stereocenters. The number of sulfonamides is 1. The number of nitrogens with zero attached hydrogens (tertiary/aromatic N) is 6. The smallest absolute Gasteiger partial charge is 0.293 e. The van der Waals surface area contributed by atoms with Crippen LogP contribution in [0.25, 0.3) is 16.6 Å². The van der Waals surface area contributed by atoms with E-state index in [0.29, 0.717) is 54.7 Å². The number of nitro groups is 1. The number of amides is 5. The summed E-state index contributed by atoms with van der Waals surface area (Å²) in [5.74, 6) is 3.32. The number of likely N-dealkylation sites (tertiary alicyclic amines) is 1. The highest BCUT2D eigenvalue weighted by Crippen LogP contribution is 2.44. The van der Waals surface area contributed by atoms with Crippen LogP contribution in [-0.4, -0.2) is 132 Å². The minimum absolute atomic E-state index is 0.0198. The van der Waals surface area contributed by atoms with Crippen molar-refractivity contribution in [3.63, 3.8) is 0 Å². The molecule has 83 heavy (non-hydrogen) atoms. The number of imide groups is 2. The van der Waals surface area contributed by atoms with Crippen molar-refractivity contribution in [2.45, 2.75) is 69.7 Å². The largest absolute Gasteiger partial charge is 0.455 e. The molecular weight excluding hydrogens is 1100 g/mol. The molecule has 2 atom stereocenters. The van der Waals surface area contributed by atoms with Crippen LogP contribution in [0.5, 0.6) is 11.5 Å². The quantitative estimate of drug-likeness (QED) is 0.0326. The van der Waals surface area contributed by atoms with Crippen LogP contribution in [0.4, 0.5) is 17.1 Å². The Kier molecular flexibility index (Phi) is 15.9. The molecule has 4 aromatic carbocycles. The van der Waals surface area contributed by atoms with E-state index in [0.717, 1.165) is 80.3 Å². The number of nitro benzene ring substituents is 1. The Morgan fingerprint density at radius 3 is 2.48 bits per heavy atom. The molecule has 0 bridgehead atoms. The number of ether oxygens (including phenoxy) is 1. The molecule has 22 heteroatoms. The van der Waals surface area contributed by atoms with Crippen molar-refractivity contribution in [2.24, 2.45) is 11.3 Å². The SMILES string of the molecule is CC1(C)CCC(CN2CCN(c3ccc(C(=O)NS(=O)(=O)c4ccc(NCC5CCCN(CC#Cc6ccc7c(c6)C(=O)N(C6CCC(=O)NC6=O)C7=O)C5)c([N+](=O)[O-])c4)c(Oc4cnc5[nH]ccc5c4)c3)CC2)=C(c2ccc(Cl)cc2)C1. The average Bonchev–Trinajstić information content (AvgIpc) is 4.07. The van der Waals surface area contributed by atoms with E-state index in [1.165, 1.54) is 53.2 Å². The number of benzene rings is 4.